The van der Waals surface area contributed by atoms with Crippen LogP contribution in [0.2, 0.25) is 20.1 Å². The molecule has 0 bridgehead atoms. The van der Waals surface area contributed by atoms with E-state index in [1.54, 1.807) is 36.4 Å². The maximum atomic E-state index is 12.1. The monoisotopic (exact) mass is 528 g/mol. The largest absolute Gasteiger partial charge is 0.273 e. The zero-order chi connectivity index (χ0) is 24.4. The molecule has 0 radical (unpaired) electrons. The van der Waals surface area contributed by atoms with E-state index in [0.717, 1.165) is 0 Å². The van der Waals surface area contributed by atoms with Crippen molar-refractivity contribution in [1.82, 2.24) is 10.9 Å². The fourth-order valence-corrected chi connectivity index (χ4v) is 3.92. The van der Waals surface area contributed by atoms with Crippen molar-refractivity contribution in [2.45, 2.75) is 46.0 Å². The van der Waals surface area contributed by atoms with E-state index in [4.69, 9.17) is 46.4 Å². The first kappa shape index (κ1) is 27.1. The highest BCUT2D eigenvalue weighted by Gasteiger charge is 2.11. The van der Waals surface area contributed by atoms with E-state index < -0.39 is 0 Å². The molecule has 0 atom stereocenters. The quantitative estimate of drug-likeness (QED) is 0.267. The normalized spacial score (nSPS) is 11.9. The smallest absolute Gasteiger partial charge is 0.240 e. The molecule has 0 heterocycles. The van der Waals surface area contributed by atoms with E-state index in [2.05, 4.69) is 21.1 Å². The molecule has 0 spiro atoms. The maximum absolute atomic E-state index is 12.1. The molecule has 0 fully saturated rings. The molecule has 0 aliphatic rings. The molecule has 2 aromatic rings. The Morgan fingerprint density at radius 2 is 1.12 bits per heavy atom. The molecule has 2 aromatic carbocycles. The highest BCUT2D eigenvalue weighted by atomic mass is 35.5. The molecule has 0 aliphatic carbocycles. The lowest BCUT2D eigenvalue weighted by molar-refractivity contribution is -0.122. The molecule has 0 unspecified atom stereocenters. The highest BCUT2D eigenvalue weighted by molar-refractivity contribution is 6.37. The molecule has 33 heavy (non-hydrogen) atoms. The van der Waals surface area contributed by atoms with E-state index >= 15 is 0 Å². The third-order valence-corrected chi connectivity index (χ3v) is 5.69. The number of hydrogen-bond donors (Lipinski definition) is 2. The van der Waals surface area contributed by atoms with Crippen molar-refractivity contribution in [3.8, 4) is 0 Å². The second kappa shape index (κ2) is 13.6. The zero-order valence-corrected chi connectivity index (χ0v) is 21.2. The van der Waals surface area contributed by atoms with Gasteiger partial charge in [0.2, 0.25) is 11.8 Å². The molecule has 0 saturated heterocycles. The summed E-state index contributed by atoms with van der Waals surface area (Å²) in [6, 6.07) is 10.2. The molecular weight excluding hydrogens is 506 g/mol. The number of hydrogen-bond acceptors (Lipinski definition) is 4. The summed E-state index contributed by atoms with van der Waals surface area (Å²) in [5.41, 5.74) is 7.69. The number of rotatable bonds is 10. The van der Waals surface area contributed by atoms with Crippen LogP contribution in [0.4, 0.5) is 0 Å². The van der Waals surface area contributed by atoms with Crippen LogP contribution in [0.5, 0.6) is 0 Å². The standard InChI is InChI=1S/C23H24Cl4N4O2/c1-3-20(16-10-8-14(24)12-18(16)26)28-30-22(32)6-5-7-23(33)31-29-21(4-2)17-11-9-15(25)13-19(17)27/h8-13H,3-7H2,1-2H3,(H,30,32)(H,31,33)/b28-20+,29-21+. The fraction of sp³-hybridized carbons (Fsp3) is 0.304. The van der Waals surface area contributed by atoms with Crippen LogP contribution in [-0.2, 0) is 9.59 Å². The summed E-state index contributed by atoms with van der Waals surface area (Å²) in [5.74, 6) is -0.603. The zero-order valence-electron chi connectivity index (χ0n) is 18.2. The van der Waals surface area contributed by atoms with E-state index in [1.165, 1.54) is 0 Å². The number of amides is 2. The third-order valence-electron chi connectivity index (χ3n) is 4.59. The first-order chi connectivity index (χ1) is 15.7. The summed E-state index contributed by atoms with van der Waals surface area (Å²) in [5, 5.41) is 10.3. The molecule has 2 rings (SSSR count). The van der Waals surface area contributed by atoms with Gasteiger partial charge in [0.25, 0.3) is 0 Å². The predicted molar refractivity (Wildman–Crippen MR) is 137 cm³/mol. The first-order valence-corrected chi connectivity index (χ1v) is 11.9. The number of benzene rings is 2. The fourth-order valence-electron chi connectivity index (χ4n) is 2.89. The van der Waals surface area contributed by atoms with Crippen LogP contribution < -0.4 is 10.9 Å². The van der Waals surface area contributed by atoms with Crippen LogP contribution in [0, 0.1) is 0 Å². The highest BCUT2D eigenvalue weighted by Crippen LogP contribution is 2.23. The molecule has 0 aromatic heterocycles. The van der Waals surface area contributed by atoms with Crippen LogP contribution in [0.25, 0.3) is 0 Å². The SMILES string of the molecule is CC/C(=N\NC(=O)CCCC(=O)N/N=C(\CC)c1ccc(Cl)cc1Cl)c1ccc(Cl)cc1Cl. The molecular formula is C23H24Cl4N4O2. The summed E-state index contributed by atoms with van der Waals surface area (Å²) < 4.78 is 0. The number of carbonyl (C=O) groups excluding carboxylic acids is 2. The molecule has 2 amide bonds. The molecule has 0 aliphatic heterocycles. The van der Waals surface area contributed by atoms with Gasteiger partial charge in [-0.2, -0.15) is 10.2 Å². The minimum absolute atomic E-state index is 0.135. The van der Waals surface area contributed by atoms with Gasteiger partial charge in [-0.25, -0.2) is 10.9 Å². The summed E-state index contributed by atoms with van der Waals surface area (Å²) >= 11 is 24.3. The van der Waals surface area contributed by atoms with Gasteiger partial charge in [-0.05, 0) is 43.5 Å². The average molecular weight is 530 g/mol. The van der Waals surface area contributed by atoms with E-state index in [-0.39, 0.29) is 24.7 Å². The van der Waals surface area contributed by atoms with Crippen LogP contribution in [0.1, 0.15) is 57.1 Å². The van der Waals surface area contributed by atoms with Crippen molar-refractivity contribution < 1.29 is 9.59 Å². The van der Waals surface area contributed by atoms with Gasteiger partial charge in [-0.1, -0.05) is 72.4 Å². The number of halogens is 4. The first-order valence-electron chi connectivity index (χ1n) is 10.4. The minimum Gasteiger partial charge on any atom is -0.273 e. The topological polar surface area (TPSA) is 82.9 Å². The van der Waals surface area contributed by atoms with Crippen LogP contribution >= 0.6 is 46.4 Å². The number of carbonyl (C=O) groups is 2. The average Bonchev–Trinajstić information content (AvgIpc) is 2.76. The van der Waals surface area contributed by atoms with Crippen LogP contribution in [0.3, 0.4) is 0 Å². The van der Waals surface area contributed by atoms with Crippen molar-refractivity contribution in [2.24, 2.45) is 10.2 Å². The lowest BCUT2D eigenvalue weighted by atomic mass is 10.1. The Hall–Kier alpha value is -2.12. The second-order valence-electron chi connectivity index (χ2n) is 7.00. The minimum atomic E-state index is -0.301. The predicted octanol–water partition coefficient (Wildman–Crippen LogP) is 6.63. The summed E-state index contributed by atoms with van der Waals surface area (Å²) in [6.07, 6.45) is 1.75. The van der Waals surface area contributed by atoms with E-state index in [9.17, 15) is 9.59 Å². The third kappa shape index (κ3) is 8.63. The van der Waals surface area contributed by atoms with Gasteiger partial charge in [-0.15, -0.1) is 0 Å². The number of nitrogens with zero attached hydrogens (tertiary/aromatic N) is 2. The molecule has 6 nitrogen and oxygen atoms in total. The molecule has 176 valence electrons. The number of nitrogens with one attached hydrogen (secondary N) is 2. The van der Waals surface area contributed by atoms with E-state index in [1.807, 2.05) is 13.8 Å². The summed E-state index contributed by atoms with van der Waals surface area (Å²) in [6.45, 7) is 3.81. The number of hydrazone groups is 2. The van der Waals surface area contributed by atoms with Gasteiger partial charge in [0, 0.05) is 34.0 Å². The Kier molecular flexibility index (Phi) is 11.1. The van der Waals surface area contributed by atoms with Gasteiger partial charge < -0.3 is 0 Å². The molecule has 2 N–H and O–H groups in total. The van der Waals surface area contributed by atoms with Gasteiger partial charge in [-0.3, -0.25) is 9.59 Å². The summed E-state index contributed by atoms with van der Waals surface area (Å²) in [4.78, 5) is 24.2. The maximum Gasteiger partial charge on any atom is 0.240 e. The van der Waals surface area contributed by atoms with Gasteiger partial charge in [0.15, 0.2) is 0 Å². The Morgan fingerprint density at radius 1 is 0.727 bits per heavy atom. The molecule has 10 heteroatoms. The van der Waals surface area contributed by atoms with Gasteiger partial charge in [0.05, 0.1) is 21.5 Å². The lowest BCUT2D eigenvalue weighted by Crippen LogP contribution is -2.22. The van der Waals surface area contributed by atoms with Crippen LogP contribution in [-0.4, -0.2) is 23.2 Å². The van der Waals surface area contributed by atoms with Crippen molar-refractivity contribution in [3.05, 3.63) is 67.6 Å². The van der Waals surface area contributed by atoms with Crippen molar-refractivity contribution in [2.75, 3.05) is 0 Å². The van der Waals surface area contributed by atoms with Crippen molar-refractivity contribution in [3.63, 3.8) is 0 Å². The van der Waals surface area contributed by atoms with E-state index in [0.29, 0.717) is 61.9 Å². The Labute approximate surface area is 213 Å². The van der Waals surface area contributed by atoms with Gasteiger partial charge >= 0.3 is 0 Å². The molecule has 0 saturated carbocycles. The Bertz CT molecular complexity index is 987. The summed E-state index contributed by atoms with van der Waals surface area (Å²) in [7, 11) is 0. The lowest BCUT2D eigenvalue weighted by Gasteiger charge is -2.08. The van der Waals surface area contributed by atoms with Crippen LogP contribution in [0.15, 0.2) is 46.6 Å². The van der Waals surface area contributed by atoms with Crippen molar-refractivity contribution in [1.29, 1.82) is 0 Å². The Morgan fingerprint density at radius 3 is 1.45 bits per heavy atom. The van der Waals surface area contributed by atoms with Gasteiger partial charge in [0.1, 0.15) is 0 Å². The van der Waals surface area contributed by atoms with Crippen molar-refractivity contribution >= 4 is 69.6 Å². The second-order valence-corrected chi connectivity index (χ2v) is 8.68. The Balaban J connectivity index is 1.85.